The summed E-state index contributed by atoms with van der Waals surface area (Å²) in [6.07, 6.45) is 4.61. The van der Waals surface area contributed by atoms with Crippen molar-refractivity contribution in [3.05, 3.63) is 12.4 Å². The average molecular weight is 231 g/mol. The Labute approximate surface area is 90.5 Å². The Balaban J connectivity index is 2.83. The monoisotopic (exact) mass is 231 g/mol. The lowest BCUT2D eigenvalue weighted by Gasteiger charge is -2.18. The molecule has 0 aliphatic carbocycles. The number of sulfonamides is 1. The molecule has 5 nitrogen and oxygen atoms in total. The normalized spacial score (nSPS) is 12.2. The molecule has 0 amide bonds. The van der Waals surface area contributed by atoms with E-state index >= 15 is 0 Å². The van der Waals surface area contributed by atoms with Gasteiger partial charge >= 0.3 is 0 Å². The minimum Gasteiger partial charge on any atom is -0.284 e. The van der Waals surface area contributed by atoms with Crippen molar-refractivity contribution < 1.29 is 8.42 Å². The van der Waals surface area contributed by atoms with Crippen LogP contribution in [0.1, 0.15) is 26.7 Å². The molecule has 0 spiro atoms. The number of nitrogens with one attached hydrogen (secondary N) is 1. The van der Waals surface area contributed by atoms with Crippen LogP contribution in [0, 0.1) is 0 Å². The quantitative estimate of drug-likeness (QED) is 0.800. The third-order valence-electron chi connectivity index (χ3n) is 2.22. The third kappa shape index (κ3) is 2.79. The Hall–Kier alpha value is -0.880. The molecule has 0 fully saturated rings. The molecule has 0 atom stereocenters. The number of hydrogen-bond acceptors (Lipinski definition) is 3. The van der Waals surface area contributed by atoms with Crippen molar-refractivity contribution in [1.82, 2.24) is 14.5 Å². The van der Waals surface area contributed by atoms with E-state index in [0.717, 1.165) is 12.8 Å². The predicted molar refractivity (Wildman–Crippen MR) is 57.9 cm³/mol. The fraction of sp³-hybridized carbons (Fsp3) is 0.667. The van der Waals surface area contributed by atoms with Gasteiger partial charge in [-0.25, -0.2) is 8.42 Å². The van der Waals surface area contributed by atoms with Gasteiger partial charge < -0.3 is 0 Å². The third-order valence-corrected chi connectivity index (χ3v) is 4.16. The first-order chi connectivity index (χ1) is 7.12. The second kappa shape index (κ2) is 5.27. The highest BCUT2D eigenvalue weighted by molar-refractivity contribution is 7.89. The highest BCUT2D eigenvalue weighted by atomic mass is 32.2. The van der Waals surface area contributed by atoms with Crippen molar-refractivity contribution in [2.24, 2.45) is 0 Å². The maximum atomic E-state index is 12.0. The summed E-state index contributed by atoms with van der Waals surface area (Å²) in [5, 5.41) is 6.17. The van der Waals surface area contributed by atoms with Gasteiger partial charge in [-0.3, -0.25) is 5.10 Å². The lowest BCUT2D eigenvalue weighted by molar-refractivity contribution is 0.419. The van der Waals surface area contributed by atoms with Crippen LogP contribution in [0.3, 0.4) is 0 Å². The van der Waals surface area contributed by atoms with Gasteiger partial charge in [-0.2, -0.15) is 9.40 Å². The molecule has 0 aliphatic heterocycles. The van der Waals surface area contributed by atoms with E-state index in [1.165, 1.54) is 16.7 Å². The van der Waals surface area contributed by atoms with E-state index in [1.54, 1.807) is 0 Å². The SMILES string of the molecule is CCCCN(CC)S(=O)(=O)c1cn[nH]c1. The van der Waals surface area contributed by atoms with Crippen LogP contribution >= 0.6 is 0 Å². The summed E-state index contributed by atoms with van der Waals surface area (Å²) in [6.45, 7) is 4.94. The standard InChI is InChI=1S/C9H17N3O2S/c1-3-5-6-12(4-2)15(13,14)9-7-10-11-8-9/h7-8H,3-6H2,1-2H3,(H,10,11). The molecule has 1 heterocycles. The van der Waals surface area contributed by atoms with E-state index in [1.807, 2.05) is 13.8 Å². The van der Waals surface area contributed by atoms with Crippen LogP contribution in [-0.2, 0) is 10.0 Å². The van der Waals surface area contributed by atoms with Gasteiger partial charge in [-0.15, -0.1) is 0 Å². The molecule has 0 saturated heterocycles. The number of hydrogen-bond donors (Lipinski definition) is 1. The van der Waals surface area contributed by atoms with E-state index < -0.39 is 10.0 Å². The predicted octanol–water partition coefficient (Wildman–Crippen LogP) is 1.22. The molecule has 1 aromatic rings. The average Bonchev–Trinajstić information content (AvgIpc) is 2.72. The number of nitrogens with zero attached hydrogens (tertiary/aromatic N) is 2. The van der Waals surface area contributed by atoms with Gasteiger partial charge in [-0.1, -0.05) is 20.3 Å². The van der Waals surface area contributed by atoms with Crippen molar-refractivity contribution in [1.29, 1.82) is 0 Å². The van der Waals surface area contributed by atoms with Gasteiger partial charge in [-0.05, 0) is 6.42 Å². The van der Waals surface area contributed by atoms with Gasteiger partial charge in [0.2, 0.25) is 10.0 Å². The summed E-state index contributed by atoms with van der Waals surface area (Å²) < 4.78 is 25.5. The largest absolute Gasteiger partial charge is 0.284 e. The first-order valence-electron chi connectivity index (χ1n) is 5.11. The lowest BCUT2D eigenvalue weighted by Crippen LogP contribution is -2.31. The van der Waals surface area contributed by atoms with Crippen LogP contribution < -0.4 is 0 Å². The van der Waals surface area contributed by atoms with E-state index in [4.69, 9.17) is 0 Å². The Morgan fingerprint density at radius 1 is 1.47 bits per heavy atom. The van der Waals surface area contributed by atoms with Crippen LogP contribution in [0.4, 0.5) is 0 Å². The molecule has 1 rings (SSSR count). The van der Waals surface area contributed by atoms with Crippen LogP contribution in [0.25, 0.3) is 0 Å². The first kappa shape index (κ1) is 12.2. The smallest absolute Gasteiger partial charge is 0.246 e. The highest BCUT2D eigenvalue weighted by Crippen LogP contribution is 2.13. The molecule has 15 heavy (non-hydrogen) atoms. The molecule has 1 N–H and O–H groups in total. The van der Waals surface area contributed by atoms with Gasteiger partial charge in [0.1, 0.15) is 4.90 Å². The lowest BCUT2D eigenvalue weighted by atomic mass is 10.3. The number of H-pyrrole nitrogens is 1. The second-order valence-electron chi connectivity index (χ2n) is 3.28. The highest BCUT2D eigenvalue weighted by Gasteiger charge is 2.22. The minimum absolute atomic E-state index is 0.237. The zero-order chi connectivity index (χ0) is 11.3. The Morgan fingerprint density at radius 2 is 2.20 bits per heavy atom. The Bertz CT molecular complexity index is 372. The summed E-state index contributed by atoms with van der Waals surface area (Å²) in [5.74, 6) is 0. The van der Waals surface area contributed by atoms with Crippen molar-refractivity contribution in [3.8, 4) is 0 Å². The van der Waals surface area contributed by atoms with Gasteiger partial charge in [0.05, 0.1) is 6.20 Å². The summed E-state index contributed by atoms with van der Waals surface area (Å²) in [6, 6.07) is 0. The van der Waals surface area contributed by atoms with Crippen molar-refractivity contribution in [2.45, 2.75) is 31.6 Å². The van der Waals surface area contributed by atoms with Crippen molar-refractivity contribution in [2.75, 3.05) is 13.1 Å². The molecular formula is C9H17N3O2S. The Kier molecular flexibility index (Phi) is 4.28. The van der Waals surface area contributed by atoms with Crippen molar-refractivity contribution >= 4 is 10.0 Å². The fourth-order valence-corrected chi connectivity index (χ4v) is 2.71. The topological polar surface area (TPSA) is 66.1 Å². The van der Waals surface area contributed by atoms with Crippen LogP contribution in [0.5, 0.6) is 0 Å². The van der Waals surface area contributed by atoms with Crippen LogP contribution in [0.15, 0.2) is 17.3 Å². The Morgan fingerprint density at radius 3 is 2.67 bits per heavy atom. The molecule has 6 heteroatoms. The molecule has 0 unspecified atom stereocenters. The number of aromatic nitrogens is 2. The second-order valence-corrected chi connectivity index (χ2v) is 5.22. The van der Waals surface area contributed by atoms with E-state index in [2.05, 4.69) is 10.2 Å². The van der Waals surface area contributed by atoms with Crippen LogP contribution in [-0.4, -0.2) is 36.0 Å². The van der Waals surface area contributed by atoms with E-state index in [-0.39, 0.29) is 4.90 Å². The molecule has 0 saturated carbocycles. The number of rotatable bonds is 6. The number of aromatic amines is 1. The minimum atomic E-state index is -3.34. The molecule has 0 radical (unpaired) electrons. The maximum Gasteiger partial charge on any atom is 0.246 e. The summed E-state index contributed by atoms with van der Waals surface area (Å²) in [4.78, 5) is 0.237. The summed E-state index contributed by atoms with van der Waals surface area (Å²) in [7, 11) is -3.34. The van der Waals surface area contributed by atoms with Crippen LogP contribution in [0.2, 0.25) is 0 Å². The van der Waals surface area contributed by atoms with Crippen molar-refractivity contribution in [3.63, 3.8) is 0 Å². The van der Waals surface area contributed by atoms with Gasteiger partial charge in [0.15, 0.2) is 0 Å². The van der Waals surface area contributed by atoms with E-state index in [9.17, 15) is 8.42 Å². The molecule has 0 aromatic carbocycles. The maximum absolute atomic E-state index is 12.0. The fourth-order valence-electron chi connectivity index (χ4n) is 1.31. The molecule has 1 aromatic heterocycles. The molecule has 0 bridgehead atoms. The van der Waals surface area contributed by atoms with Gasteiger partial charge in [0.25, 0.3) is 0 Å². The van der Waals surface area contributed by atoms with E-state index in [0.29, 0.717) is 13.1 Å². The summed E-state index contributed by atoms with van der Waals surface area (Å²) in [5.41, 5.74) is 0. The molecule has 86 valence electrons. The number of unbranched alkanes of at least 4 members (excludes halogenated alkanes) is 1. The zero-order valence-electron chi connectivity index (χ0n) is 9.10. The molecule has 0 aliphatic rings. The zero-order valence-corrected chi connectivity index (χ0v) is 9.92. The van der Waals surface area contributed by atoms with Gasteiger partial charge in [0, 0.05) is 19.3 Å². The molecular weight excluding hydrogens is 214 g/mol. The first-order valence-corrected chi connectivity index (χ1v) is 6.55. The summed E-state index contributed by atoms with van der Waals surface area (Å²) >= 11 is 0.